The molecule has 1 radical (unpaired) electrons. The summed E-state index contributed by atoms with van der Waals surface area (Å²) in [4.78, 5) is 0. The second-order valence-corrected chi connectivity index (χ2v) is 6.32. The number of hydrogen-bond donors (Lipinski definition) is 1. The van der Waals surface area contributed by atoms with Crippen molar-refractivity contribution in [1.29, 1.82) is 0 Å². The first-order chi connectivity index (χ1) is 8.61. The Morgan fingerprint density at radius 3 is 2.72 bits per heavy atom. The molecular formula is C14H18ClO2S. The summed E-state index contributed by atoms with van der Waals surface area (Å²) >= 11 is 6.16. The number of thiol groups is 1. The van der Waals surface area contributed by atoms with E-state index in [0.717, 1.165) is 6.42 Å². The van der Waals surface area contributed by atoms with Gasteiger partial charge in [0.05, 0.1) is 5.75 Å². The molecule has 1 fully saturated rings. The monoisotopic (exact) mass is 285 g/mol. The van der Waals surface area contributed by atoms with Gasteiger partial charge in [-0.05, 0) is 48.3 Å². The molecule has 0 bridgehead atoms. The van der Waals surface area contributed by atoms with Gasteiger partial charge in [-0.1, -0.05) is 37.1 Å². The highest BCUT2D eigenvalue weighted by atomic mass is 35.5. The van der Waals surface area contributed by atoms with Crippen LogP contribution in [-0.4, -0.2) is 8.42 Å². The molecule has 0 aromatic heterocycles. The topological polar surface area (TPSA) is 34.1 Å². The van der Waals surface area contributed by atoms with E-state index in [9.17, 15) is 8.42 Å². The van der Waals surface area contributed by atoms with Gasteiger partial charge in [0, 0.05) is 5.02 Å². The highest BCUT2D eigenvalue weighted by molar-refractivity contribution is 7.71. The lowest BCUT2D eigenvalue weighted by atomic mass is 9.87. The van der Waals surface area contributed by atoms with Crippen molar-refractivity contribution in [2.75, 3.05) is 0 Å². The van der Waals surface area contributed by atoms with E-state index in [1.807, 2.05) is 18.2 Å². The highest BCUT2D eigenvalue weighted by Crippen LogP contribution is 2.42. The molecule has 2 unspecified atom stereocenters. The van der Waals surface area contributed by atoms with Gasteiger partial charge in [0.2, 0.25) is 0 Å². The Hall–Kier alpha value is -0.540. The lowest BCUT2D eigenvalue weighted by molar-refractivity contribution is 0.489. The fourth-order valence-electron chi connectivity index (χ4n) is 2.88. The molecule has 0 aliphatic heterocycles. The molecule has 4 heteroatoms. The quantitative estimate of drug-likeness (QED) is 0.859. The molecule has 1 aliphatic rings. The maximum absolute atomic E-state index is 10.7. The van der Waals surface area contributed by atoms with E-state index < -0.39 is 10.7 Å². The fourth-order valence-corrected chi connectivity index (χ4v) is 3.79. The summed E-state index contributed by atoms with van der Waals surface area (Å²) in [7, 11) is -2.42. The maximum Gasteiger partial charge on any atom is 0.144 e. The van der Waals surface area contributed by atoms with E-state index in [4.69, 9.17) is 11.6 Å². The van der Waals surface area contributed by atoms with E-state index in [0.29, 0.717) is 22.4 Å². The molecule has 0 heterocycles. The number of benzene rings is 1. The third-order valence-corrected chi connectivity index (χ3v) is 4.79. The third kappa shape index (κ3) is 3.07. The summed E-state index contributed by atoms with van der Waals surface area (Å²) in [5, 5.41) is 0.571. The summed E-state index contributed by atoms with van der Waals surface area (Å²) in [5.74, 6) is 1.20. The second kappa shape index (κ2) is 6.07. The van der Waals surface area contributed by atoms with Gasteiger partial charge in [0.1, 0.15) is 10.7 Å². The molecule has 1 aromatic rings. The van der Waals surface area contributed by atoms with Crippen LogP contribution in [0.25, 0.3) is 0 Å². The zero-order valence-corrected chi connectivity index (χ0v) is 11.9. The summed E-state index contributed by atoms with van der Waals surface area (Å²) in [6.45, 7) is 4.01. The SMILES string of the molecule is [CH2]CC1CCCC1c1ccc(C[SH](=O)=O)c(Cl)c1. The van der Waals surface area contributed by atoms with Crippen molar-refractivity contribution in [3.05, 3.63) is 41.3 Å². The van der Waals surface area contributed by atoms with Crippen LogP contribution in [-0.2, 0) is 16.5 Å². The molecule has 18 heavy (non-hydrogen) atoms. The molecule has 2 nitrogen and oxygen atoms in total. The molecule has 1 saturated carbocycles. The molecule has 2 rings (SSSR count). The second-order valence-electron chi connectivity index (χ2n) is 4.93. The summed E-state index contributed by atoms with van der Waals surface area (Å²) in [6, 6.07) is 5.81. The van der Waals surface area contributed by atoms with E-state index in [2.05, 4.69) is 6.92 Å². The molecule has 0 spiro atoms. The van der Waals surface area contributed by atoms with Gasteiger partial charge in [-0.25, -0.2) is 8.42 Å². The first-order valence-electron chi connectivity index (χ1n) is 6.31. The lowest BCUT2D eigenvalue weighted by Crippen LogP contribution is -2.05. The van der Waals surface area contributed by atoms with Crippen LogP contribution in [0.15, 0.2) is 18.2 Å². The largest absolute Gasteiger partial charge is 0.232 e. The van der Waals surface area contributed by atoms with Gasteiger partial charge in [0.25, 0.3) is 0 Å². The molecule has 2 atom stereocenters. The fraction of sp³-hybridized carbons (Fsp3) is 0.500. The first kappa shape index (κ1) is 13.9. The Morgan fingerprint density at radius 2 is 2.11 bits per heavy atom. The van der Waals surface area contributed by atoms with Crippen molar-refractivity contribution < 1.29 is 8.42 Å². The Kier molecular flexibility index (Phi) is 4.68. The average Bonchev–Trinajstić information content (AvgIpc) is 2.79. The van der Waals surface area contributed by atoms with Crippen LogP contribution in [0.3, 0.4) is 0 Å². The van der Waals surface area contributed by atoms with E-state index >= 15 is 0 Å². The lowest BCUT2D eigenvalue weighted by Gasteiger charge is -2.19. The van der Waals surface area contributed by atoms with Crippen molar-refractivity contribution in [1.82, 2.24) is 0 Å². The van der Waals surface area contributed by atoms with Crippen LogP contribution < -0.4 is 0 Å². The van der Waals surface area contributed by atoms with Gasteiger partial charge in [-0.2, -0.15) is 0 Å². The van der Waals surface area contributed by atoms with Crippen LogP contribution in [0, 0.1) is 12.8 Å². The normalized spacial score (nSPS) is 23.7. The Morgan fingerprint density at radius 1 is 1.33 bits per heavy atom. The first-order valence-corrected chi connectivity index (χ1v) is 8.05. The molecular weight excluding hydrogens is 268 g/mol. The zero-order chi connectivity index (χ0) is 13.1. The standard InChI is InChI=1S/C14H18ClO2S/c1-2-10-4-3-5-13(10)11-6-7-12(9-18(16)17)14(15)8-11/h6-8,10,13,18H,1-5,9H2. The molecule has 0 amide bonds. The van der Waals surface area contributed by atoms with Crippen molar-refractivity contribution in [3.63, 3.8) is 0 Å². The van der Waals surface area contributed by atoms with Gasteiger partial charge in [-0.15, -0.1) is 0 Å². The number of halogens is 1. The summed E-state index contributed by atoms with van der Waals surface area (Å²) in [6.07, 6.45) is 4.62. The van der Waals surface area contributed by atoms with Gasteiger partial charge < -0.3 is 0 Å². The highest BCUT2D eigenvalue weighted by Gasteiger charge is 2.27. The number of rotatable bonds is 4. The van der Waals surface area contributed by atoms with Crippen molar-refractivity contribution >= 4 is 22.3 Å². The minimum absolute atomic E-state index is 0.0257. The Bertz CT molecular complexity index is 489. The predicted octanol–water partition coefficient (Wildman–Crippen LogP) is 3.56. The van der Waals surface area contributed by atoms with Crippen LogP contribution >= 0.6 is 11.6 Å². The molecule has 99 valence electrons. The van der Waals surface area contributed by atoms with E-state index in [1.165, 1.54) is 24.8 Å². The van der Waals surface area contributed by atoms with Crippen LogP contribution in [0.5, 0.6) is 0 Å². The van der Waals surface area contributed by atoms with Crippen molar-refractivity contribution in [3.8, 4) is 0 Å². The molecule has 1 aromatic carbocycles. The van der Waals surface area contributed by atoms with E-state index in [-0.39, 0.29) is 5.75 Å². The minimum Gasteiger partial charge on any atom is -0.232 e. The molecule has 0 saturated heterocycles. The predicted molar refractivity (Wildman–Crippen MR) is 75.5 cm³/mol. The van der Waals surface area contributed by atoms with Gasteiger partial charge in [-0.3, -0.25) is 0 Å². The summed E-state index contributed by atoms with van der Waals surface area (Å²) in [5.41, 5.74) is 1.93. The average molecular weight is 286 g/mol. The van der Waals surface area contributed by atoms with Gasteiger partial charge in [0.15, 0.2) is 0 Å². The van der Waals surface area contributed by atoms with E-state index in [1.54, 1.807) is 0 Å². The number of hydrogen-bond acceptors (Lipinski definition) is 2. The van der Waals surface area contributed by atoms with Gasteiger partial charge >= 0.3 is 0 Å². The zero-order valence-electron chi connectivity index (χ0n) is 10.3. The minimum atomic E-state index is -2.42. The summed E-state index contributed by atoms with van der Waals surface area (Å²) < 4.78 is 21.5. The van der Waals surface area contributed by atoms with Crippen molar-refractivity contribution in [2.45, 2.75) is 37.4 Å². The third-order valence-electron chi connectivity index (χ3n) is 3.83. The Labute approximate surface area is 115 Å². The van der Waals surface area contributed by atoms with Crippen LogP contribution in [0.4, 0.5) is 0 Å². The molecule has 1 aliphatic carbocycles. The maximum atomic E-state index is 10.7. The Balaban J connectivity index is 2.23. The van der Waals surface area contributed by atoms with Crippen LogP contribution in [0.1, 0.15) is 42.7 Å². The van der Waals surface area contributed by atoms with Crippen LogP contribution in [0.2, 0.25) is 5.02 Å². The smallest absolute Gasteiger partial charge is 0.144 e. The van der Waals surface area contributed by atoms with Crippen molar-refractivity contribution in [2.24, 2.45) is 5.92 Å². The molecule has 0 N–H and O–H groups in total.